The topological polar surface area (TPSA) is 54.9 Å². The number of carbonyl (C=O) groups excluding carboxylic acids is 1. The first-order chi connectivity index (χ1) is 16.1. The molecule has 33 heavy (non-hydrogen) atoms. The molecule has 0 saturated carbocycles. The van der Waals surface area contributed by atoms with Crippen molar-refractivity contribution < 1.29 is 14.3 Å². The van der Waals surface area contributed by atoms with Crippen molar-refractivity contribution in [3.8, 4) is 11.5 Å². The zero-order chi connectivity index (χ0) is 23.2. The third-order valence-electron chi connectivity index (χ3n) is 5.71. The maximum Gasteiger partial charge on any atom is 0.231 e. The fraction of sp³-hybridized carbons (Fsp3) is 0.333. The molecule has 2 aromatic carbocycles. The van der Waals surface area contributed by atoms with Gasteiger partial charge in [-0.05, 0) is 56.2 Å². The molecule has 0 bridgehead atoms. The largest absolute Gasteiger partial charge is 0.490 e. The van der Waals surface area contributed by atoms with Gasteiger partial charge in [-0.2, -0.15) is 0 Å². The monoisotopic (exact) mass is 445 g/mol. The van der Waals surface area contributed by atoms with Crippen LogP contribution in [0.25, 0.3) is 0 Å². The summed E-state index contributed by atoms with van der Waals surface area (Å²) in [5, 5.41) is 0. The van der Waals surface area contributed by atoms with Crippen molar-refractivity contribution in [2.45, 2.75) is 33.7 Å². The fourth-order valence-corrected chi connectivity index (χ4v) is 4.09. The van der Waals surface area contributed by atoms with Crippen LogP contribution in [0.5, 0.6) is 11.5 Å². The Morgan fingerprint density at radius 1 is 0.939 bits per heavy atom. The average Bonchev–Trinajstić information content (AvgIpc) is 2.82. The van der Waals surface area contributed by atoms with Crippen LogP contribution < -0.4 is 19.3 Å². The van der Waals surface area contributed by atoms with Gasteiger partial charge in [0.05, 0.1) is 25.3 Å². The number of carbonyl (C=O) groups is 1. The molecule has 1 aliphatic heterocycles. The molecule has 4 rings (SSSR count). The molecule has 0 unspecified atom stereocenters. The lowest BCUT2D eigenvalue weighted by Crippen LogP contribution is -2.44. The van der Waals surface area contributed by atoms with Crippen LogP contribution in [0, 0.1) is 6.92 Å². The second-order valence-corrected chi connectivity index (χ2v) is 8.12. The number of fused-ring (bicyclic) bond motifs is 1. The zero-order valence-electron chi connectivity index (χ0n) is 19.6. The van der Waals surface area contributed by atoms with E-state index in [4.69, 9.17) is 9.47 Å². The molecule has 1 amide bonds. The Hall–Kier alpha value is -3.54. The van der Waals surface area contributed by atoms with Crippen molar-refractivity contribution >= 4 is 17.4 Å². The Balaban J connectivity index is 1.52. The molecule has 0 aliphatic carbocycles. The summed E-state index contributed by atoms with van der Waals surface area (Å²) in [6, 6.07) is 18.1. The van der Waals surface area contributed by atoms with Gasteiger partial charge in [0.15, 0.2) is 17.3 Å². The summed E-state index contributed by atoms with van der Waals surface area (Å²) in [6.07, 6.45) is 2.08. The van der Waals surface area contributed by atoms with Crippen molar-refractivity contribution in [1.82, 2.24) is 4.98 Å². The van der Waals surface area contributed by atoms with Gasteiger partial charge in [0, 0.05) is 25.8 Å². The van der Waals surface area contributed by atoms with Crippen LogP contribution in [0.4, 0.5) is 11.5 Å². The van der Waals surface area contributed by atoms with E-state index >= 15 is 0 Å². The molecule has 6 nitrogen and oxygen atoms in total. The highest BCUT2D eigenvalue weighted by atomic mass is 16.5. The minimum atomic E-state index is 0.0471. The van der Waals surface area contributed by atoms with E-state index in [0.717, 1.165) is 30.2 Å². The average molecular weight is 446 g/mol. The van der Waals surface area contributed by atoms with Gasteiger partial charge in [-0.15, -0.1) is 0 Å². The van der Waals surface area contributed by atoms with Gasteiger partial charge in [-0.1, -0.05) is 35.9 Å². The molecular weight excluding hydrogens is 414 g/mol. The van der Waals surface area contributed by atoms with Gasteiger partial charge >= 0.3 is 0 Å². The minimum Gasteiger partial charge on any atom is -0.490 e. The minimum absolute atomic E-state index is 0.0471. The summed E-state index contributed by atoms with van der Waals surface area (Å²) in [7, 11) is 0. The first-order valence-corrected chi connectivity index (χ1v) is 11.5. The van der Waals surface area contributed by atoms with Crippen LogP contribution in [0.3, 0.4) is 0 Å². The molecule has 0 saturated heterocycles. The fourth-order valence-electron chi connectivity index (χ4n) is 4.09. The Bertz CT molecular complexity index is 1100. The Kier molecular flexibility index (Phi) is 7.13. The molecule has 0 N–H and O–H groups in total. The number of ether oxygens (including phenoxy) is 2. The van der Waals surface area contributed by atoms with Crippen LogP contribution in [0.15, 0.2) is 60.8 Å². The van der Waals surface area contributed by atoms with Gasteiger partial charge in [0.2, 0.25) is 5.91 Å². The van der Waals surface area contributed by atoms with Crippen molar-refractivity contribution in [3.63, 3.8) is 0 Å². The van der Waals surface area contributed by atoms with Crippen molar-refractivity contribution in [3.05, 3.63) is 77.5 Å². The summed E-state index contributed by atoms with van der Waals surface area (Å²) in [6.45, 7) is 9.20. The van der Waals surface area contributed by atoms with Gasteiger partial charge in [-0.25, -0.2) is 4.98 Å². The third-order valence-corrected chi connectivity index (χ3v) is 5.71. The van der Waals surface area contributed by atoms with E-state index in [1.54, 1.807) is 6.20 Å². The molecule has 0 atom stereocenters. The lowest BCUT2D eigenvalue weighted by Gasteiger charge is -2.36. The van der Waals surface area contributed by atoms with Gasteiger partial charge in [-0.3, -0.25) is 4.79 Å². The number of amides is 1. The number of hydrogen-bond donors (Lipinski definition) is 0. The first kappa shape index (κ1) is 22.6. The summed E-state index contributed by atoms with van der Waals surface area (Å²) in [5.74, 6) is 2.27. The van der Waals surface area contributed by atoms with Crippen molar-refractivity contribution in [1.29, 1.82) is 0 Å². The second kappa shape index (κ2) is 10.4. The van der Waals surface area contributed by atoms with Gasteiger partial charge < -0.3 is 19.3 Å². The number of hydrogen-bond acceptors (Lipinski definition) is 5. The number of pyridine rings is 1. The van der Waals surface area contributed by atoms with E-state index in [0.29, 0.717) is 37.7 Å². The molecule has 0 fully saturated rings. The van der Waals surface area contributed by atoms with Crippen LogP contribution in [-0.4, -0.2) is 37.2 Å². The van der Waals surface area contributed by atoms with Crippen molar-refractivity contribution in [2.75, 3.05) is 36.1 Å². The Morgan fingerprint density at radius 2 is 1.67 bits per heavy atom. The molecule has 172 valence electrons. The summed E-state index contributed by atoms with van der Waals surface area (Å²) >= 11 is 0. The smallest absolute Gasteiger partial charge is 0.231 e. The summed E-state index contributed by atoms with van der Waals surface area (Å²) < 4.78 is 11.4. The van der Waals surface area contributed by atoms with Crippen LogP contribution in [-0.2, 0) is 17.8 Å². The number of nitrogens with zero attached hydrogens (tertiary/aromatic N) is 3. The number of anilines is 2. The molecule has 1 aliphatic rings. The van der Waals surface area contributed by atoms with E-state index in [9.17, 15) is 4.79 Å². The highest BCUT2D eigenvalue weighted by Gasteiger charge is 2.28. The van der Waals surface area contributed by atoms with Crippen LogP contribution in [0.2, 0.25) is 0 Å². The predicted octanol–water partition coefficient (Wildman–Crippen LogP) is 4.78. The summed E-state index contributed by atoms with van der Waals surface area (Å²) in [5.41, 5.74) is 4.24. The summed E-state index contributed by atoms with van der Waals surface area (Å²) in [4.78, 5) is 22.0. The van der Waals surface area contributed by atoms with Crippen LogP contribution >= 0.6 is 0 Å². The molecule has 3 aromatic rings. The van der Waals surface area contributed by atoms with E-state index in [-0.39, 0.29) is 5.91 Å². The lowest BCUT2D eigenvalue weighted by molar-refractivity contribution is -0.118. The van der Waals surface area contributed by atoms with E-state index in [1.807, 2.05) is 49.1 Å². The van der Waals surface area contributed by atoms with E-state index < -0.39 is 0 Å². The zero-order valence-corrected chi connectivity index (χ0v) is 19.6. The Morgan fingerprint density at radius 3 is 2.42 bits per heavy atom. The maximum atomic E-state index is 13.3. The molecule has 0 radical (unpaired) electrons. The third kappa shape index (κ3) is 5.28. The number of aromatic nitrogens is 1. The maximum absolute atomic E-state index is 13.3. The molecule has 1 aromatic heterocycles. The van der Waals surface area contributed by atoms with Gasteiger partial charge in [0.25, 0.3) is 0 Å². The second-order valence-electron chi connectivity index (χ2n) is 8.12. The number of rotatable bonds is 8. The first-order valence-electron chi connectivity index (χ1n) is 11.5. The van der Waals surface area contributed by atoms with E-state index in [1.165, 1.54) is 11.1 Å². The van der Waals surface area contributed by atoms with Crippen molar-refractivity contribution in [2.24, 2.45) is 0 Å². The molecular formula is C27H31N3O3. The van der Waals surface area contributed by atoms with E-state index in [2.05, 4.69) is 41.1 Å². The predicted molar refractivity (Wildman–Crippen MR) is 131 cm³/mol. The molecule has 2 heterocycles. The highest BCUT2D eigenvalue weighted by Crippen LogP contribution is 2.33. The Labute approximate surface area is 195 Å². The molecule has 0 spiro atoms. The number of benzene rings is 2. The standard InChI is InChI=1S/C27H31N3O3/c1-4-32-24-13-12-22(17-25(24)33-5-2)18-26(31)30-16-15-29(27-23(30)7-6-14-28-27)19-21-10-8-20(3)9-11-21/h6-14,17H,4-5,15-16,18-19H2,1-3H3. The number of aryl methyl sites for hydroxylation is 1. The molecule has 6 heteroatoms. The van der Waals surface area contributed by atoms with Gasteiger partial charge in [0.1, 0.15) is 0 Å². The quantitative estimate of drug-likeness (QED) is 0.499. The SMILES string of the molecule is CCOc1ccc(CC(=O)N2CCN(Cc3ccc(C)cc3)c3ncccc32)cc1OCC. The lowest BCUT2D eigenvalue weighted by atomic mass is 10.1. The van der Waals surface area contributed by atoms with Crippen LogP contribution in [0.1, 0.15) is 30.5 Å². The normalized spacial score (nSPS) is 12.9. The highest BCUT2D eigenvalue weighted by molar-refractivity contribution is 5.98.